The Kier molecular flexibility index (Phi) is 2.51. The van der Waals surface area contributed by atoms with E-state index >= 15 is 0 Å². The Hall–Kier alpha value is -1.22. The first-order valence-corrected chi connectivity index (χ1v) is 6.26. The van der Waals surface area contributed by atoms with Crippen LogP contribution in [-0.4, -0.2) is 18.9 Å². The zero-order valence-corrected chi connectivity index (χ0v) is 9.76. The lowest BCUT2D eigenvalue weighted by atomic mass is 9.76. The van der Waals surface area contributed by atoms with Crippen molar-refractivity contribution in [2.45, 2.75) is 31.1 Å². The molecule has 1 saturated carbocycles. The van der Waals surface area contributed by atoms with Gasteiger partial charge in [-0.25, -0.2) is 4.39 Å². The molecule has 1 spiro atoms. The molecule has 0 bridgehead atoms. The van der Waals surface area contributed by atoms with Crippen molar-refractivity contribution in [1.82, 2.24) is 5.32 Å². The van der Waals surface area contributed by atoms with E-state index in [2.05, 4.69) is 5.32 Å². The third-order valence-corrected chi connectivity index (χ3v) is 4.15. The third-order valence-electron chi connectivity index (χ3n) is 4.15. The average molecular weight is 233 g/mol. The van der Waals surface area contributed by atoms with Crippen molar-refractivity contribution in [1.29, 1.82) is 0 Å². The Labute approximate surface area is 100 Å². The Morgan fingerprint density at radius 3 is 2.76 bits per heavy atom. The first-order valence-electron chi connectivity index (χ1n) is 6.26. The van der Waals surface area contributed by atoms with Crippen molar-refractivity contribution in [3.63, 3.8) is 0 Å². The van der Waals surface area contributed by atoms with Crippen LogP contribution in [0.3, 0.4) is 0 Å². The number of carbonyl (C=O) groups excluding carboxylic acids is 1. The molecule has 1 fully saturated rings. The van der Waals surface area contributed by atoms with Crippen molar-refractivity contribution in [3.8, 4) is 0 Å². The predicted octanol–water partition coefficient (Wildman–Crippen LogP) is 2.42. The van der Waals surface area contributed by atoms with E-state index in [1.165, 1.54) is 6.07 Å². The first-order chi connectivity index (χ1) is 8.23. The molecule has 1 aliphatic carbocycles. The van der Waals surface area contributed by atoms with Crippen LogP contribution in [-0.2, 0) is 5.41 Å². The number of hydrogen-bond acceptors (Lipinski definition) is 2. The molecule has 0 atom stereocenters. The second-order valence-corrected chi connectivity index (χ2v) is 5.18. The molecule has 1 aromatic carbocycles. The highest BCUT2D eigenvalue weighted by Gasteiger charge is 2.41. The molecule has 90 valence electrons. The van der Waals surface area contributed by atoms with Crippen molar-refractivity contribution in [3.05, 3.63) is 35.1 Å². The van der Waals surface area contributed by atoms with E-state index in [4.69, 9.17) is 0 Å². The Balaban J connectivity index is 2.22. The number of halogens is 1. The fourth-order valence-corrected chi connectivity index (χ4v) is 3.37. The zero-order chi connectivity index (χ0) is 11.9. The Morgan fingerprint density at radius 1 is 1.24 bits per heavy atom. The molecule has 3 heteroatoms. The lowest BCUT2D eigenvalue weighted by Crippen LogP contribution is -2.35. The van der Waals surface area contributed by atoms with Crippen LogP contribution in [0, 0.1) is 5.82 Å². The second kappa shape index (κ2) is 3.91. The minimum Gasteiger partial charge on any atom is -0.309 e. The summed E-state index contributed by atoms with van der Waals surface area (Å²) >= 11 is 0. The van der Waals surface area contributed by atoms with Crippen LogP contribution in [0.15, 0.2) is 18.2 Å². The monoisotopic (exact) mass is 233 g/mol. The van der Waals surface area contributed by atoms with Gasteiger partial charge in [-0.05, 0) is 18.9 Å². The van der Waals surface area contributed by atoms with Gasteiger partial charge in [0.05, 0.1) is 6.54 Å². The van der Waals surface area contributed by atoms with Gasteiger partial charge in [0.1, 0.15) is 5.82 Å². The van der Waals surface area contributed by atoms with E-state index in [1.54, 1.807) is 12.1 Å². The first kappa shape index (κ1) is 10.9. The number of benzene rings is 1. The number of fused-ring (bicyclic) bond motifs is 2. The number of ketones is 1. The Bertz CT molecular complexity index is 463. The van der Waals surface area contributed by atoms with E-state index in [0.717, 1.165) is 32.2 Å². The van der Waals surface area contributed by atoms with Gasteiger partial charge in [0.25, 0.3) is 0 Å². The van der Waals surface area contributed by atoms with Gasteiger partial charge in [0, 0.05) is 23.1 Å². The van der Waals surface area contributed by atoms with Crippen LogP contribution in [0.1, 0.15) is 41.6 Å². The summed E-state index contributed by atoms with van der Waals surface area (Å²) in [5.41, 5.74) is 1.12. The minimum absolute atomic E-state index is 0.0169. The lowest BCUT2D eigenvalue weighted by molar-refractivity contribution is 0.0993. The minimum atomic E-state index is -0.207. The van der Waals surface area contributed by atoms with Crippen molar-refractivity contribution >= 4 is 5.78 Å². The van der Waals surface area contributed by atoms with Crippen molar-refractivity contribution in [2.24, 2.45) is 0 Å². The van der Waals surface area contributed by atoms with Gasteiger partial charge >= 0.3 is 0 Å². The van der Waals surface area contributed by atoms with Crippen LogP contribution < -0.4 is 5.32 Å². The van der Waals surface area contributed by atoms with E-state index in [-0.39, 0.29) is 17.0 Å². The highest BCUT2D eigenvalue weighted by atomic mass is 19.1. The summed E-state index contributed by atoms with van der Waals surface area (Å²) in [7, 11) is 0. The van der Waals surface area contributed by atoms with Gasteiger partial charge < -0.3 is 5.32 Å². The quantitative estimate of drug-likeness (QED) is 0.745. The van der Waals surface area contributed by atoms with Crippen LogP contribution in [0.25, 0.3) is 0 Å². The number of nitrogens with one attached hydrogen (secondary N) is 1. The largest absolute Gasteiger partial charge is 0.309 e. The molecule has 17 heavy (non-hydrogen) atoms. The summed E-state index contributed by atoms with van der Waals surface area (Å²) < 4.78 is 14.1. The lowest BCUT2D eigenvalue weighted by Gasteiger charge is -2.29. The summed E-state index contributed by atoms with van der Waals surface area (Å²) in [6, 6.07) is 4.89. The van der Waals surface area contributed by atoms with E-state index in [1.807, 2.05) is 0 Å². The standard InChI is InChI=1S/C14H16FNO/c15-11-5-3-4-10-12(17)8-16-9-14(13(10)11)6-1-2-7-14/h3-5,16H,1-2,6-9H2. The molecular formula is C14H16FNO. The van der Waals surface area contributed by atoms with Gasteiger partial charge in [-0.15, -0.1) is 0 Å². The average Bonchev–Trinajstić information content (AvgIpc) is 2.72. The van der Waals surface area contributed by atoms with Crippen LogP contribution in [0.4, 0.5) is 4.39 Å². The van der Waals surface area contributed by atoms with Gasteiger partial charge in [-0.3, -0.25) is 4.79 Å². The summed E-state index contributed by atoms with van der Waals surface area (Å²) in [5.74, 6) is -0.190. The SMILES string of the molecule is O=C1CNCC2(CCCC2)c2c(F)cccc21. The fourth-order valence-electron chi connectivity index (χ4n) is 3.37. The van der Waals surface area contributed by atoms with Gasteiger partial charge in [0.15, 0.2) is 5.78 Å². The van der Waals surface area contributed by atoms with Crippen LogP contribution in [0.2, 0.25) is 0 Å². The molecule has 0 amide bonds. The molecule has 2 nitrogen and oxygen atoms in total. The van der Waals surface area contributed by atoms with Gasteiger partial charge in [-0.2, -0.15) is 0 Å². The molecule has 2 aliphatic rings. The Morgan fingerprint density at radius 2 is 2.00 bits per heavy atom. The normalized spacial score (nSPS) is 22.5. The number of rotatable bonds is 0. The molecule has 1 aromatic rings. The number of carbonyl (C=O) groups is 1. The fraction of sp³-hybridized carbons (Fsp3) is 0.500. The molecule has 1 aliphatic heterocycles. The highest BCUT2D eigenvalue weighted by Crippen LogP contribution is 2.44. The molecule has 0 radical (unpaired) electrons. The molecule has 1 N–H and O–H groups in total. The molecule has 3 rings (SSSR count). The van der Waals surface area contributed by atoms with E-state index < -0.39 is 0 Å². The predicted molar refractivity (Wildman–Crippen MR) is 63.7 cm³/mol. The van der Waals surface area contributed by atoms with Gasteiger partial charge in [-0.1, -0.05) is 25.0 Å². The smallest absolute Gasteiger partial charge is 0.176 e. The maximum Gasteiger partial charge on any atom is 0.176 e. The molecule has 0 aromatic heterocycles. The van der Waals surface area contributed by atoms with Crippen LogP contribution >= 0.6 is 0 Å². The maximum atomic E-state index is 14.1. The van der Waals surface area contributed by atoms with Crippen molar-refractivity contribution in [2.75, 3.05) is 13.1 Å². The third kappa shape index (κ3) is 1.61. The number of hydrogen-bond donors (Lipinski definition) is 1. The summed E-state index contributed by atoms with van der Waals surface area (Å²) in [4.78, 5) is 12.0. The number of Topliss-reactive ketones (excluding diaryl/α,β-unsaturated/α-hetero) is 1. The topological polar surface area (TPSA) is 29.1 Å². The molecule has 0 unspecified atom stereocenters. The second-order valence-electron chi connectivity index (χ2n) is 5.18. The zero-order valence-electron chi connectivity index (χ0n) is 9.76. The highest BCUT2D eigenvalue weighted by molar-refractivity contribution is 5.99. The summed E-state index contributed by atoms with van der Waals surface area (Å²) in [6.45, 7) is 1.06. The van der Waals surface area contributed by atoms with E-state index in [9.17, 15) is 9.18 Å². The van der Waals surface area contributed by atoms with Crippen LogP contribution in [0.5, 0.6) is 0 Å². The summed E-state index contributed by atoms with van der Waals surface area (Å²) in [6.07, 6.45) is 4.23. The van der Waals surface area contributed by atoms with E-state index in [0.29, 0.717) is 17.7 Å². The molecular weight excluding hydrogens is 217 g/mol. The van der Waals surface area contributed by atoms with Crippen molar-refractivity contribution < 1.29 is 9.18 Å². The molecule has 0 saturated heterocycles. The molecule has 1 heterocycles. The van der Waals surface area contributed by atoms with Gasteiger partial charge in [0.2, 0.25) is 0 Å². The summed E-state index contributed by atoms with van der Waals surface area (Å²) in [5, 5.41) is 3.19. The maximum absolute atomic E-state index is 14.1.